The standard InChI is InChI=1S/C20H16N2O/c21-12-16-7-4-8-17(22-16)20(23)19-15-10-9-14(11-15)18(19)13-5-2-1-3-6-13/h1-10,14-15,18-19H,11H2. The summed E-state index contributed by atoms with van der Waals surface area (Å²) >= 11 is 0. The molecule has 3 nitrogen and oxygen atoms in total. The van der Waals surface area contributed by atoms with Gasteiger partial charge in [-0.2, -0.15) is 5.26 Å². The molecule has 1 aromatic heterocycles. The summed E-state index contributed by atoms with van der Waals surface area (Å²) in [5, 5.41) is 9.01. The molecule has 4 rings (SSSR count). The summed E-state index contributed by atoms with van der Waals surface area (Å²) in [6, 6.07) is 17.4. The Morgan fingerprint density at radius 3 is 2.61 bits per heavy atom. The molecule has 3 heteroatoms. The van der Waals surface area contributed by atoms with Crippen LogP contribution < -0.4 is 0 Å². The van der Waals surface area contributed by atoms with Crippen LogP contribution >= 0.6 is 0 Å². The van der Waals surface area contributed by atoms with Crippen LogP contribution in [0.5, 0.6) is 0 Å². The molecule has 4 atom stereocenters. The number of nitriles is 1. The summed E-state index contributed by atoms with van der Waals surface area (Å²) in [6.07, 6.45) is 5.47. The third-order valence-electron chi connectivity index (χ3n) is 5.06. The fraction of sp³-hybridized carbons (Fsp3) is 0.250. The van der Waals surface area contributed by atoms with Gasteiger partial charge in [-0.3, -0.25) is 4.79 Å². The molecule has 1 aromatic carbocycles. The Balaban J connectivity index is 1.73. The van der Waals surface area contributed by atoms with Crippen molar-refractivity contribution in [3.05, 3.63) is 77.6 Å². The number of fused-ring (bicyclic) bond motifs is 2. The molecule has 0 N–H and O–H groups in total. The van der Waals surface area contributed by atoms with Gasteiger partial charge < -0.3 is 0 Å². The SMILES string of the molecule is N#Cc1cccc(C(=O)C2C3C=CC(C3)C2c2ccccc2)n1. The Morgan fingerprint density at radius 1 is 1.04 bits per heavy atom. The quantitative estimate of drug-likeness (QED) is 0.641. The largest absolute Gasteiger partial charge is 0.292 e. The first-order valence-electron chi connectivity index (χ1n) is 7.92. The molecule has 4 unspecified atom stereocenters. The molecular weight excluding hydrogens is 284 g/mol. The topological polar surface area (TPSA) is 53.8 Å². The lowest BCUT2D eigenvalue weighted by atomic mass is 9.75. The lowest BCUT2D eigenvalue weighted by molar-refractivity contribution is 0.0881. The number of nitrogens with zero attached hydrogens (tertiary/aromatic N) is 2. The number of pyridine rings is 1. The van der Waals surface area contributed by atoms with E-state index in [4.69, 9.17) is 5.26 Å². The zero-order chi connectivity index (χ0) is 15.8. The number of benzene rings is 1. The highest BCUT2D eigenvalue weighted by Gasteiger charge is 2.48. The Morgan fingerprint density at radius 2 is 1.83 bits per heavy atom. The van der Waals surface area contributed by atoms with E-state index in [1.165, 1.54) is 5.56 Å². The van der Waals surface area contributed by atoms with Crippen LogP contribution in [-0.2, 0) is 0 Å². The minimum atomic E-state index is -0.0751. The van der Waals surface area contributed by atoms with Gasteiger partial charge in [0.05, 0.1) is 0 Å². The third-order valence-corrected chi connectivity index (χ3v) is 5.06. The molecule has 0 radical (unpaired) electrons. The number of hydrogen-bond acceptors (Lipinski definition) is 3. The van der Waals surface area contributed by atoms with Gasteiger partial charge in [-0.05, 0) is 36.0 Å². The van der Waals surface area contributed by atoms with Crippen molar-refractivity contribution in [2.24, 2.45) is 17.8 Å². The Kier molecular flexibility index (Phi) is 3.31. The van der Waals surface area contributed by atoms with Gasteiger partial charge in [-0.1, -0.05) is 48.6 Å². The van der Waals surface area contributed by atoms with Gasteiger partial charge in [0, 0.05) is 11.8 Å². The van der Waals surface area contributed by atoms with Crippen LogP contribution in [0.3, 0.4) is 0 Å². The van der Waals surface area contributed by atoms with E-state index < -0.39 is 0 Å². The minimum Gasteiger partial charge on any atom is -0.292 e. The summed E-state index contributed by atoms with van der Waals surface area (Å²) in [5.41, 5.74) is 1.93. The van der Waals surface area contributed by atoms with E-state index in [-0.39, 0.29) is 23.5 Å². The molecule has 2 bridgehead atoms. The predicted octanol–water partition coefficient (Wildman–Crippen LogP) is 3.74. The molecule has 1 saturated carbocycles. The molecule has 0 saturated heterocycles. The van der Waals surface area contributed by atoms with E-state index in [1.807, 2.05) is 24.3 Å². The summed E-state index contributed by atoms with van der Waals surface area (Å²) in [4.78, 5) is 17.3. The normalized spacial score (nSPS) is 27.8. The minimum absolute atomic E-state index is 0.0628. The van der Waals surface area contributed by atoms with Crippen LogP contribution in [0.1, 0.15) is 34.1 Å². The Bertz CT molecular complexity index is 819. The highest BCUT2D eigenvalue weighted by atomic mass is 16.1. The zero-order valence-electron chi connectivity index (χ0n) is 12.6. The van der Waals surface area contributed by atoms with Crippen molar-refractivity contribution in [1.29, 1.82) is 5.26 Å². The molecule has 2 aromatic rings. The fourth-order valence-corrected chi connectivity index (χ4v) is 4.11. The number of aromatic nitrogens is 1. The number of Topliss-reactive ketones (excluding diaryl/α,β-unsaturated/α-hetero) is 1. The van der Waals surface area contributed by atoms with Crippen LogP contribution in [0.2, 0.25) is 0 Å². The average Bonchev–Trinajstić information content (AvgIpc) is 3.23. The van der Waals surface area contributed by atoms with E-state index in [0.29, 0.717) is 17.3 Å². The molecule has 23 heavy (non-hydrogen) atoms. The van der Waals surface area contributed by atoms with Crippen LogP contribution in [0.15, 0.2) is 60.7 Å². The van der Waals surface area contributed by atoms with E-state index in [0.717, 1.165) is 6.42 Å². The number of rotatable bonds is 3. The van der Waals surface area contributed by atoms with Crippen molar-refractivity contribution in [3.63, 3.8) is 0 Å². The second kappa shape index (κ2) is 5.48. The van der Waals surface area contributed by atoms with Gasteiger partial charge in [0.15, 0.2) is 5.78 Å². The van der Waals surface area contributed by atoms with Crippen LogP contribution in [0.25, 0.3) is 0 Å². The first kappa shape index (κ1) is 13.9. The van der Waals surface area contributed by atoms with Gasteiger partial charge in [-0.15, -0.1) is 0 Å². The molecule has 1 heterocycles. The van der Waals surface area contributed by atoms with E-state index in [9.17, 15) is 4.79 Å². The smallest absolute Gasteiger partial charge is 0.185 e. The molecule has 0 aliphatic heterocycles. The lowest BCUT2D eigenvalue weighted by Crippen LogP contribution is -2.27. The van der Waals surface area contributed by atoms with Crippen molar-refractivity contribution in [1.82, 2.24) is 4.98 Å². The second-order valence-electron chi connectivity index (χ2n) is 6.29. The van der Waals surface area contributed by atoms with Crippen molar-refractivity contribution >= 4 is 5.78 Å². The summed E-state index contributed by atoms with van der Waals surface area (Å²) in [7, 11) is 0. The molecule has 0 spiro atoms. The maximum atomic E-state index is 13.1. The number of ketones is 1. The number of carbonyl (C=O) groups excluding carboxylic acids is 1. The van der Waals surface area contributed by atoms with Gasteiger partial charge in [0.1, 0.15) is 17.5 Å². The summed E-state index contributed by atoms with van der Waals surface area (Å²) < 4.78 is 0. The van der Waals surface area contributed by atoms with Crippen LogP contribution in [0.4, 0.5) is 0 Å². The zero-order valence-corrected chi connectivity index (χ0v) is 12.6. The number of hydrogen-bond donors (Lipinski definition) is 0. The van der Waals surface area contributed by atoms with E-state index >= 15 is 0 Å². The van der Waals surface area contributed by atoms with Gasteiger partial charge >= 0.3 is 0 Å². The van der Waals surface area contributed by atoms with Gasteiger partial charge in [-0.25, -0.2) is 4.98 Å². The lowest BCUT2D eigenvalue weighted by Gasteiger charge is -2.27. The predicted molar refractivity (Wildman–Crippen MR) is 86.7 cm³/mol. The monoisotopic (exact) mass is 300 g/mol. The average molecular weight is 300 g/mol. The Hall–Kier alpha value is -2.73. The first-order chi connectivity index (χ1) is 11.3. The maximum Gasteiger partial charge on any atom is 0.185 e. The highest BCUT2D eigenvalue weighted by Crippen LogP contribution is 2.53. The number of allylic oxidation sites excluding steroid dienone is 2. The molecule has 0 amide bonds. The first-order valence-corrected chi connectivity index (χ1v) is 7.92. The Labute approximate surface area is 135 Å². The van der Waals surface area contributed by atoms with Crippen molar-refractivity contribution < 1.29 is 4.79 Å². The molecule has 1 fully saturated rings. The van der Waals surface area contributed by atoms with Gasteiger partial charge in [0.2, 0.25) is 0 Å². The van der Waals surface area contributed by atoms with Crippen molar-refractivity contribution in [2.45, 2.75) is 12.3 Å². The molecule has 2 aliphatic carbocycles. The third kappa shape index (κ3) is 2.27. The molecule has 112 valence electrons. The second-order valence-corrected chi connectivity index (χ2v) is 6.29. The molecular formula is C20H16N2O. The highest BCUT2D eigenvalue weighted by molar-refractivity contribution is 5.97. The van der Waals surface area contributed by atoms with E-state index in [2.05, 4.69) is 29.3 Å². The number of carbonyl (C=O) groups is 1. The van der Waals surface area contributed by atoms with Crippen molar-refractivity contribution in [3.8, 4) is 6.07 Å². The van der Waals surface area contributed by atoms with E-state index in [1.54, 1.807) is 18.2 Å². The van der Waals surface area contributed by atoms with Crippen LogP contribution in [-0.4, -0.2) is 10.8 Å². The summed E-state index contributed by atoms with van der Waals surface area (Å²) in [5.74, 6) is 0.911. The van der Waals surface area contributed by atoms with Gasteiger partial charge in [0.25, 0.3) is 0 Å². The maximum absolute atomic E-state index is 13.1. The summed E-state index contributed by atoms with van der Waals surface area (Å²) in [6.45, 7) is 0. The molecule has 2 aliphatic rings. The fourth-order valence-electron chi connectivity index (χ4n) is 4.11. The van der Waals surface area contributed by atoms with Crippen molar-refractivity contribution in [2.75, 3.05) is 0 Å². The van der Waals surface area contributed by atoms with Crippen LogP contribution in [0, 0.1) is 29.1 Å².